The number of aromatic nitrogens is 1. The van der Waals surface area contributed by atoms with Gasteiger partial charge >= 0.3 is 0 Å². The fraction of sp³-hybridized carbons (Fsp3) is 0.120. The molecule has 0 saturated heterocycles. The zero-order chi connectivity index (χ0) is 20.6. The highest BCUT2D eigenvalue weighted by atomic mass is 16.6. The van der Waals surface area contributed by atoms with E-state index in [0.29, 0.717) is 24.7 Å². The molecule has 0 unspecified atom stereocenters. The smallest absolute Gasteiger partial charge is 0.161 e. The second-order valence-corrected chi connectivity index (χ2v) is 6.68. The van der Waals surface area contributed by atoms with Crippen molar-refractivity contribution >= 4 is 17.1 Å². The Hall–Kier alpha value is -3.86. The molecule has 5 heteroatoms. The number of methoxy groups -OCH3 is 1. The van der Waals surface area contributed by atoms with Gasteiger partial charge in [0.25, 0.3) is 0 Å². The molecule has 0 fully saturated rings. The molecule has 4 aromatic rings. The first-order valence-corrected chi connectivity index (χ1v) is 9.66. The predicted octanol–water partition coefficient (Wildman–Crippen LogP) is 5.37. The molecule has 1 heterocycles. The first-order chi connectivity index (χ1) is 14.8. The molecule has 1 aromatic heterocycles. The van der Waals surface area contributed by atoms with E-state index in [9.17, 15) is 0 Å². The summed E-state index contributed by atoms with van der Waals surface area (Å²) < 4.78 is 11.3. The molecule has 0 N–H and O–H groups in total. The minimum Gasteiger partial charge on any atom is -0.493 e. The van der Waals surface area contributed by atoms with Gasteiger partial charge in [-0.1, -0.05) is 59.8 Å². The molecular weight excluding hydrogens is 376 g/mol. The van der Waals surface area contributed by atoms with Crippen LogP contribution in [0, 0.1) is 0 Å². The Bertz CT molecular complexity index is 1140. The first-order valence-electron chi connectivity index (χ1n) is 9.66. The van der Waals surface area contributed by atoms with Gasteiger partial charge in [-0.15, -0.1) is 0 Å². The summed E-state index contributed by atoms with van der Waals surface area (Å²) in [5.41, 5.74) is 3.88. The van der Waals surface area contributed by atoms with Crippen molar-refractivity contribution in [1.29, 1.82) is 0 Å². The largest absolute Gasteiger partial charge is 0.493 e. The Morgan fingerprint density at radius 3 is 2.60 bits per heavy atom. The molecule has 0 aliphatic rings. The monoisotopic (exact) mass is 398 g/mol. The molecule has 0 atom stereocenters. The van der Waals surface area contributed by atoms with Crippen molar-refractivity contribution in [2.75, 3.05) is 7.11 Å². The molecule has 5 nitrogen and oxygen atoms in total. The lowest BCUT2D eigenvalue weighted by molar-refractivity contribution is 0.133. The van der Waals surface area contributed by atoms with E-state index in [-0.39, 0.29) is 0 Å². The van der Waals surface area contributed by atoms with Gasteiger partial charge < -0.3 is 14.3 Å². The first kappa shape index (κ1) is 19.5. The number of hydrogen-bond acceptors (Lipinski definition) is 5. The van der Waals surface area contributed by atoms with E-state index in [1.54, 1.807) is 19.5 Å². The molecule has 0 amide bonds. The maximum Gasteiger partial charge on any atom is 0.161 e. The molecule has 0 bridgehead atoms. The lowest BCUT2D eigenvalue weighted by Gasteiger charge is -2.11. The van der Waals surface area contributed by atoms with Crippen LogP contribution in [0.25, 0.3) is 10.9 Å². The van der Waals surface area contributed by atoms with Crippen LogP contribution in [0.15, 0.2) is 90.2 Å². The fourth-order valence-corrected chi connectivity index (χ4v) is 3.11. The van der Waals surface area contributed by atoms with E-state index in [1.165, 1.54) is 0 Å². The maximum absolute atomic E-state index is 5.89. The zero-order valence-electron chi connectivity index (χ0n) is 16.7. The van der Waals surface area contributed by atoms with Crippen molar-refractivity contribution in [3.63, 3.8) is 0 Å². The summed E-state index contributed by atoms with van der Waals surface area (Å²) in [6.45, 7) is 0.826. The lowest BCUT2D eigenvalue weighted by atomic mass is 10.1. The number of pyridine rings is 1. The van der Waals surface area contributed by atoms with Crippen LogP contribution in [0.1, 0.15) is 16.7 Å². The van der Waals surface area contributed by atoms with Crippen molar-refractivity contribution in [3.05, 3.63) is 102 Å². The number of nitrogens with zero attached hydrogens (tertiary/aromatic N) is 2. The average Bonchev–Trinajstić information content (AvgIpc) is 2.81. The average molecular weight is 398 g/mol. The van der Waals surface area contributed by atoms with Crippen LogP contribution in [-0.4, -0.2) is 18.3 Å². The number of benzene rings is 3. The second-order valence-electron chi connectivity index (χ2n) is 6.68. The van der Waals surface area contributed by atoms with Crippen LogP contribution >= 0.6 is 0 Å². The van der Waals surface area contributed by atoms with Crippen molar-refractivity contribution in [1.82, 2.24) is 4.98 Å². The van der Waals surface area contributed by atoms with E-state index in [1.807, 2.05) is 78.9 Å². The van der Waals surface area contributed by atoms with E-state index >= 15 is 0 Å². The number of ether oxygens (including phenoxy) is 2. The van der Waals surface area contributed by atoms with Crippen molar-refractivity contribution < 1.29 is 14.3 Å². The molecule has 150 valence electrons. The van der Waals surface area contributed by atoms with E-state index in [4.69, 9.17) is 14.3 Å². The van der Waals surface area contributed by atoms with Crippen LogP contribution in [0.3, 0.4) is 0 Å². The zero-order valence-corrected chi connectivity index (χ0v) is 16.7. The molecular formula is C25H22N2O3. The van der Waals surface area contributed by atoms with Gasteiger partial charge in [-0.2, -0.15) is 0 Å². The molecule has 30 heavy (non-hydrogen) atoms. The summed E-state index contributed by atoms with van der Waals surface area (Å²) in [6.07, 6.45) is 3.44. The van der Waals surface area contributed by atoms with E-state index < -0.39 is 0 Å². The summed E-state index contributed by atoms with van der Waals surface area (Å²) in [5.74, 6) is 1.33. The van der Waals surface area contributed by atoms with Crippen molar-refractivity contribution in [3.8, 4) is 11.5 Å². The topological polar surface area (TPSA) is 52.9 Å². The van der Waals surface area contributed by atoms with Gasteiger partial charge in [0.05, 0.1) is 18.8 Å². The Labute approximate surface area is 175 Å². The minimum atomic E-state index is 0.347. The Balaban J connectivity index is 1.38. The van der Waals surface area contributed by atoms with Gasteiger partial charge in [0.1, 0.15) is 13.2 Å². The van der Waals surface area contributed by atoms with Crippen LogP contribution in [0.4, 0.5) is 0 Å². The van der Waals surface area contributed by atoms with Gasteiger partial charge in [-0.05, 0) is 29.8 Å². The predicted molar refractivity (Wildman–Crippen MR) is 118 cm³/mol. The van der Waals surface area contributed by atoms with Crippen LogP contribution in [0.5, 0.6) is 11.5 Å². The van der Waals surface area contributed by atoms with Gasteiger partial charge in [0.15, 0.2) is 11.5 Å². The molecule has 0 saturated carbocycles. The molecule has 0 aliphatic heterocycles. The number of rotatable bonds is 8. The standard InChI is InChI=1S/C25H22N2O3/c1-28-24-15-20(12-13-23(24)29-17-19-7-3-2-4-8-19)16-27-30-18-22-10-5-9-21-11-6-14-26-25(21)22/h2-16H,17-18H2,1H3/b27-16+. The maximum atomic E-state index is 5.89. The molecule has 4 rings (SSSR count). The Morgan fingerprint density at radius 2 is 1.73 bits per heavy atom. The van der Waals surface area contributed by atoms with Gasteiger partial charge in [-0.3, -0.25) is 4.98 Å². The summed E-state index contributed by atoms with van der Waals surface area (Å²) in [5, 5.41) is 5.18. The van der Waals surface area contributed by atoms with Gasteiger partial charge in [0.2, 0.25) is 0 Å². The number of fused-ring (bicyclic) bond motifs is 1. The molecule has 3 aromatic carbocycles. The highest BCUT2D eigenvalue weighted by Gasteiger charge is 2.06. The van der Waals surface area contributed by atoms with Crippen LogP contribution in [0.2, 0.25) is 0 Å². The third-order valence-corrected chi connectivity index (χ3v) is 4.64. The highest BCUT2D eigenvalue weighted by molar-refractivity contribution is 5.82. The lowest BCUT2D eigenvalue weighted by Crippen LogP contribution is -1.98. The molecule has 0 spiro atoms. The van der Waals surface area contributed by atoms with Crippen LogP contribution in [-0.2, 0) is 18.1 Å². The fourth-order valence-electron chi connectivity index (χ4n) is 3.11. The van der Waals surface area contributed by atoms with Crippen LogP contribution < -0.4 is 9.47 Å². The Morgan fingerprint density at radius 1 is 0.867 bits per heavy atom. The normalized spacial score (nSPS) is 11.0. The summed E-state index contributed by atoms with van der Waals surface area (Å²) in [6, 6.07) is 25.6. The van der Waals surface area contributed by atoms with E-state index in [2.05, 4.69) is 10.1 Å². The summed E-state index contributed by atoms with van der Waals surface area (Å²) in [7, 11) is 1.62. The minimum absolute atomic E-state index is 0.347. The number of oxime groups is 1. The van der Waals surface area contributed by atoms with Crippen molar-refractivity contribution in [2.45, 2.75) is 13.2 Å². The third kappa shape index (κ3) is 4.75. The SMILES string of the molecule is COc1cc(/C=N/OCc2cccc3cccnc23)ccc1OCc1ccccc1. The number of para-hydroxylation sites is 1. The highest BCUT2D eigenvalue weighted by Crippen LogP contribution is 2.28. The molecule has 0 aliphatic carbocycles. The Kier molecular flexibility index (Phi) is 6.20. The molecule has 0 radical (unpaired) electrons. The van der Waals surface area contributed by atoms with E-state index in [0.717, 1.165) is 27.6 Å². The van der Waals surface area contributed by atoms with Gasteiger partial charge in [0, 0.05) is 22.7 Å². The summed E-state index contributed by atoms with van der Waals surface area (Å²) in [4.78, 5) is 9.93. The van der Waals surface area contributed by atoms with Gasteiger partial charge in [-0.25, -0.2) is 0 Å². The number of hydrogen-bond donors (Lipinski definition) is 0. The second kappa shape index (κ2) is 9.56. The van der Waals surface area contributed by atoms with Crippen molar-refractivity contribution in [2.24, 2.45) is 5.16 Å². The quantitative estimate of drug-likeness (QED) is 0.296. The summed E-state index contributed by atoms with van der Waals surface area (Å²) >= 11 is 0. The third-order valence-electron chi connectivity index (χ3n) is 4.64.